The summed E-state index contributed by atoms with van der Waals surface area (Å²) in [5.41, 5.74) is 1.07. The second-order valence-corrected chi connectivity index (χ2v) is 5.09. The number of halogens is 2. The highest BCUT2D eigenvalue weighted by atomic mass is 79.9. The van der Waals surface area contributed by atoms with Crippen LogP contribution >= 0.6 is 15.9 Å². The van der Waals surface area contributed by atoms with Crippen molar-refractivity contribution in [2.24, 2.45) is 0 Å². The second kappa shape index (κ2) is 10.3. The second-order valence-electron chi connectivity index (χ2n) is 4.24. The van der Waals surface area contributed by atoms with Crippen LogP contribution in [0.4, 0.5) is 4.39 Å². The van der Waals surface area contributed by atoms with Gasteiger partial charge in [0, 0.05) is 20.3 Å². The summed E-state index contributed by atoms with van der Waals surface area (Å²) in [6.45, 7) is 3.77. The number of hydrogen-bond donors (Lipinski definition) is 1. The predicted molar refractivity (Wildman–Crippen MR) is 77.7 cm³/mol. The van der Waals surface area contributed by atoms with Gasteiger partial charge in [-0.15, -0.1) is 0 Å². The maximum Gasteiger partial charge on any atom is 0.137 e. The molecule has 0 radical (unpaired) electrons. The first-order valence-electron chi connectivity index (χ1n) is 6.45. The Morgan fingerprint density at radius 3 is 2.79 bits per heavy atom. The molecule has 1 N–H and O–H groups in total. The highest BCUT2D eigenvalue weighted by molar-refractivity contribution is 9.10. The number of methoxy groups -OCH3 is 1. The molecule has 1 aromatic rings. The van der Waals surface area contributed by atoms with Gasteiger partial charge in [-0.05, 0) is 53.0 Å². The molecule has 5 heteroatoms. The van der Waals surface area contributed by atoms with Crippen molar-refractivity contribution in [3.8, 4) is 0 Å². The standard InChI is InChI=1S/C14H21BrFNO2/c1-18-8-9-19-7-3-2-6-17-11-12-4-5-14(16)13(15)10-12/h4-5,10,17H,2-3,6-9,11H2,1H3. The van der Waals surface area contributed by atoms with Crippen molar-refractivity contribution in [3.05, 3.63) is 34.1 Å². The van der Waals surface area contributed by atoms with E-state index in [4.69, 9.17) is 9.47 Å². The van der Waals surface area contributed by atoms with Gasteiger partial charge in [-0.3, -0.25) is 0 Å². The Morgan fingerprint density at radius 1 is 1.21 bits per heavy atom. The molecule has 19 heavy (non-hydrogen) atoms. The van der Waals surface area contributed by atoms with E-state index < -0.39 is 0 Å². The summed E-state index contributed by atoms with van der Waals surface area (Å²) in [7, 11) is 1.67. The zero-order valence-electron chi connectivity index (χ0n) is 11.3. The maximum atomic E-state index is 13.0. The summed E-state index contributed by atoms with van der Waals surface area (Å²) in [5.74, 6) is -0.225. The molecule has 0 bridgehead atoms. The Balaban J connectivity index is 2.00. The Kier molecular flexibility index (Phi) is 8.99. The summed E-state index contributed by atoms with van der Waals surface area (Å²) in [6, 6.07) is 5.07. The fourth-order valence-corrected chi connectivity index (χ4v) is 2.01. The summed E-state index contributed by atoms with van der Waals surface area (Å²) >= 11 is 3.18. The summed E-state index contributed by atoms with van der Waals surface area (Å²) in [5, 5.41) is 3.33. The van der Waals surface area contributed by atoms with Crippen LogP contribution in [0.25, 0.3) is 0 Å². The molecular formula is C14H21BrFNO2. The van der Waals surface area contributed by atoms with Gasteiger partial charge >= 0.3 is 0 Å². The molecule has 0 saturated heterocycles. The maximum absolute atomic E-state index is 13.0. The zero-order valence-corrected chi connectivity index (χ0v) is 12.8. The number of benzene rings is 1. The van der Waals surface area contributed by atoms with E-state index in [9.17, 15) is 4.39 Å². The van der Waals surface area contributed by atoms with Gasteiger partial charge in [0.1, 0.15) is 5.82 Å². The Hall–Kier alpha value is -0.490. The van der Waals surface area contributed by atoms with E-state index in [1.165, 1.54) is 6.07 Å². The lowest BCUT2D eigenvalue weighted by molar-refractivity contribution is 0.0688. The van der Waals surface area contributed by atoms with E-state index in [2.05, 4.69) is 21.2 Å². The van der Waals surface area contributed by atoms with Crippen molar-refractivity contribution >= 4 is 15.9 Å². The van der Waals surface area contributed by atoms with E-state index >= 15 is 0 Å². The van der Waals surface area contributed by atoms with Crippen LogP contribution in [0, 0.1) is 5.82 Å². The number of ether oxygens (including phenoxy) is 2. The fourth-order valence-electron chi connectivity index (χ4n) is 1.58. The molecule has 0 unspecified atom stereocenters. The first kappa shape index (κ1) is 16.6. The molecule has 0 aliphatic heterocycles. The first-order valence-corrected chi connectivity index (χ1v) is 7.24. The van der Waals surface area contributed by atoms with Crippen LogP contribution in [0.1, 0.15) is 18.4 Å². The van der Waals surface area contributed by atoms with Crippen molar-refractivity contribution in [1.82, 2.24) is 5.32 Å². The third kappa shape index (κ3) is 7.62. The Labute approximate surface area is 122 Å². The van der Waals surface area contributed by atoms with E-state index in [0.29, 0.717) is 17.7 Å². The lowest BCUT2D eigenvalue weighted by Crippen LogP contribution is -2.15. The summed E-state index contributed by atoms with van der Waals surface area (Å²) in [4.78, 5) is 0. The van der Waals surface area contributed by atoms with Crippen molar-refractivity contribution in [1.29, 1.82) is 0 Å². The summed E-state index contributed by atoms with van der Waals surface area (Å²) < 4.78 is 23.8. The average molecular weight is 334 g/mol. The Morgan fingerprint density at radius 2 is 2.05 bits per heavy atom. The van der Waals surface area contributed by atoms with Gasteiger partial charge in [-0.2, -0.15) is 0 Å². The molecule has 0 saturated carbocycles. The average Bonchev–Trinajstić information content (AvgIpc) is 2.41. The third-order valence-corrected chi connectivity index (χ3v) is 3.24. The topological polar surface area (TPSA) is 30.5 Å². The molecule has 108 valence electrons. The minimum atomic E-state index is -0.225. The molecule has 0 aliphatic carbocycles. The van der Waals surface area contributed by atoms with E-state index in [1.54, 1.807) is 19.2 Å². The van der Waals surface area contributed by atoms with Crippen LogP contribution < -0.4 is 5.32 Å². The van der Waals surface area contributed by atoms with Gasteiger partial charge in [0.05, 0.1) is 17.7 Å². The van der Waals surface area contributed by atoms with Crippen LogP contribution in [-0.4, -0.2) is 33.5 Å². The predicted octanol–water partition coefficient (Wildman–Crippen LogP) is 3.12. The van der Waals surface area contributed by atoms with Gasteiger partial charge in [0.25, 0.3) is 0 Å². The van der Waals surface area contributed by atoms with Gasteiger partial charge in [-0.25, -0.2) is 4.39 Å². The third-order valence-electron chi connectivity index (χ3n) is 2.64. The van der Waals surface area contributed by atoms with Crippen LogP contribution in [0.2, 0.25) is 0 Å². The molecule has 1 rings (SSSR count). The normalized spacial score (nSPS) is 10.9. The lowest BCUT2D eigenvalue weighted by atomic mass is 10.2. The number of rotatable bonds is 10. The molecule has 3 nitrogen and oxygen atoms in total. The Bertz CT molecular complexity index is 363. The highest BCUT2D eigenvalue weighted by Crippen LogP contribution is 2.16. The van der Waals surface area contributed by atoms with Crippen LogP contribution in [0.5, 0.6) is 0 Å². The fraction of sp³-hybridized carbons (Fsp3) is 0.571. The molecule has 0 heterocycles. The van der Waals surface area contributed by atoms with E-state index in [1.807, 2.05) is 0 Å². The van der Waals surface area contributed by atoms with E-state index in [0.717, 1.165) is 38.1 Å². The van der Waals surface area contributed by atoms with Gasteiger partial charge in [-0.1, -0.05) is 6.07 Å². The highest BCUT2D eigenvalue weighted by Gasteiger charge is 1.99. The van der Waals surface area contributed by atoms with E-state index in [-0.39, 0.29) is 5.82 Å². The van der Waals surface area contributed by atoms with Crippen LogP contribution in [0.3, 0.4) is 0 Å². The number of unbranched alkanes of at least 4 members (excludes halogenated alkanes) is 1. The molecule has 1 aromatic carbocycles. The molecule has 0 atom stereocenters. The SMILES string of the molecule is COCCOCCCCNCc1ccc(F)c(Br)c1. The molecule has 0 amide bonds. The van der Waals surface area contributed by atoms with Crippen molar-refractivity contribution < 1.29 is 13.9 Å². The molecular weight excluding hydrogens is 313 g/mol. The van der Waals surface area contributed by atoms with Crippen LogP contribution in [-0.2, 0) is 16.0 Å². The quantitative estimate of drug-likeness (QED) is 0.667. The molecule has 0 aromatic heterocycles. The zero-order chi connectivity index (χ0) is 13.9. The number of nitrogens with one attached hydrogen (secondary N) is 1. The van der Waals surface area contributed by atoms with Crippen molar-refractivity contribution in [3.63, 3.8) is 0 Å². The van der Waals surface area contributed by atoms with Crippen molar-refractivity contribution in [2.45, 2.75) is 19.4 Å². The largest absolute Gasteiger partial charge is 0.382 e. The van der Waals surface area contributed by atoms with Crippen LogP contribution in [0.15, 0.2) is 22.7 Å². The molecule has 0 aliphatic rings. The monoisotopic (exact) mass is 333 g/mol. The van der Waals surface area contributed by atoms with Gasteiger partial charge < -0.3 is 14.8 Å². The molecule has 0 spiro atoms. The van der Waals surface area contributed by atoms with Crippen molar-refractivity contribution in [2.75, 3.05) is 33.5 Å². The smallest absolute Gasteiger partial charge is 0.137 e. The minimum Gasteiger partial charge on any atom is -0.382 e. The van der Waals surface area contributed by atoms with Gasteiger partial charge in [0.15, 0.2) is 0 Å². The lowest BCUT2D eigenvalue weighted by Gasteiger charge is -2.06. The van der Waals surface area contributed by atoms with Gasteiger partial charge in [0.2, 0.25) is 0 Å². The summed E-state index contributed by atoms with van der Waals surface area (Å²) in [6.07, 6.45) is 2.10. The molecule has 0 fully saturated rings. The first-order chi connectivity index (χ1) is 9.24. The number of hydrogen-bond acceptors (Lipinski definition) is 3. The minimum absolute atomic E-state index is 0.225.